The Morgan fingerprint density at radius 1 is 1.00 bits per heavy atom. The van der Waals surface area contributed by atoms with Crippen LogP contribution < -0.4 is 10.2 Å². The van der Waals surface area contributed by atoms with E-state index in [0.717, 1.165) is 31.6 Å². The van der Waals surface area contributed by atoms with Crippen molar-refractivity contribution in [3.8, 4) is 0 Å². The predicted molar refractivity (Wildman–Crippen MR) is 92.5 cm³/mol. The van der Waals surface area contributed by atoms with Gasteiger partial charge in [-0.2, -0.15) is 0 Å². The highest BCUT2D eigenvalue weighted by molar-refractivity contribution is 6.34. The van der Waals surface area contributed by atoms with Crippen LogP contribution in [-0.4, -0.2) is 20.1 Å². The van der Waals surface area contributed by atoms with Crippen LogP contribution in [0.5, 0.6) is 0 Å². The normalized spacial score (nSPS) is 10.6. The van der Waals surface area contributed by atoms with Gasteiger partial charge in [0.2, 0.25) is 0 Å². The average Bonchev–Trinajstić information content (AvgIpc) is 2.46. The number of anilines is 1. The Bertz CT molecular complexity index is 538. The van der Waals surface area contributed by atoms with Crippen LogP contribution in [0.1, 0.15) is 12.0 Å². The largest absolute Gasteiger partial charge is 0.375 e. The summed E-state index contributed by atoms with van der Waals surface area (Å²) in [6.07, 6.45) is 1.08. The molecular weight excluding hydrogens is 303 g/mol. The Morgan fingerprint density at radius 2 is 1.67 bits per heavy atom. The third-order valence-corrected chi connectivity index (χ3v) is 3.73. The van der Waals surface area contributed by atoms with Gasteiger partial charge in [-0.05, 0) is 48.9 Å². The van der Waals surface area contributed by atoms with Crippen LogP contribution in [0.25, 0.3) is 0 Å². The molecule has 112 valence electrons. The molecule has 0 saturated heterocycles. The van der Waals surface area contributed by atoms with Crippen LogP contribution in [0, 0.1) is 0 Å². The molecule has 0 amide bonds. The van der Waals surface area contributed by atoms with Gasteiger partial charge in [-0.3, -0.25) is 0 Å². The van der Waals surface area contributed by atoms with E-state index in [9.17, 15) is 0 Å². The first kappa shape index (κ1) is 16.2. The molecule has 0 aliphatic rings. The van der Waals surface area contributed by atoms with E-state index in [0.29, 0.717) is 10.0 Å². The van der Waals surface area contributed by atoms with Gasteiger partial charge < -0.3 is 10.2 Å². The number of para-hydroxylation sites is 1. The van der Waals surface area contributed by atoms with Gasteiger partial charge in [0.25, 0.3) is 0 Å². The fourth-order valence-corrected chi connectivity index (χ4v) is 2.77. The molecule has 2 aromatic carbocycles. The van der Waals surface area contributed by atoms with Crippen molar-refractivity contribution in [2.45, 2.75) is 13.0 Å². The number of benzene rings is 2. The van der Waals surface area contributed by atoms with Gasteiger partial charge in [-0.25, -0.2) is 0 Å². The zero-order valence-electron chi connectivity index (χ0n) is 12.2. The average molecular weight is 323 g/mol. The smallest absolute Gasteiger partial charge is 0.0424 e. The van der Waals surface area contributed by atoms with Crippen LogP contribution >= 0.6 is 23.2 Å². The van der Waals surface area contributed by atoms with E-state index in [1.165, 1.54) is 5.69 Å². The molecule has 0 fully saturated rings. The minimum Gasteiger partial charge on any atom is -0.375 e. The molecule has 0 aromatic heterocycles. The highest BCUT2D eigenvalue weighted by Gasteiger charge is 2.00. The summed E-state index contributed by atoms with van der Waals surface area (Å²) in [4.78, 5) is 2.26. The van der Waals surface area contributed by atoms with Crippen LogP contribution in [0.15, 0.2) is 48.5 Å². The molecule has 0 spiro atoms. The van der Waals surface area contributed by atoms with Crippen molar-refractivity contribution < 1.29 is 0 Å². The first-order valence-electron chi connectivity index (χ1n) is 7.07. The van der Waals surface area contributed by atoms with Crippen molar-refractivity contribution in [1.29, 1.82) is 0 Å². The highest BCUT2D eigenvalue weighted by atomic mass is 35.5. The number of hydrogen-bond donors (Lipinski definition) is 1. The molecule has 2 nitrogen and oxygen atoms in total. The van der Waals surface area contributed by atoms with E-state index in [2.05, 4.69) is 41.5 Å². The van der Waals surface area contributed by atoms with Crippen LogP contribution in [0.3, 0.4) is 0 Å². The lowest BCUT2D eigenvalue weighted by Crippen LogP contribution is -2.23. The third-order valence-electron chi connectivity index (χ3n) is 3.30. The summed E-state index contributed by atoms with van der Waals surface area (Å²) in [6, 6.07) is 16.0. The number of nitrogens with one attached hydrogen (secondary N) is 1. The third kappa shape index (κ3) is 5.58. The summed E-state index contributed by atoms with van der Waals surface area (Å²) in [7, 11) is 2.12. The van der Waals surface area contributed by atoms with Crippen LogP contribution in [0.4, 0.5) is 5.69 Å². The summed E-state index contributed by atoms with van der Waals surface area (Å²) < 4.78 is 0. The summed E-state index contributed by atoms with van der Waals surface area (Å²) >= 11 is 12.0. The van der Waals surface area contributed by atoms with Gasteiger partial charge in [0.05, 0.1) is 0 Å². The molecular formula is C17H20Cl2N2. The van der Waals surface area contributed by atoms with Crippen molar-refractivity contribution in [1.82, 2.24) is 5.32 Å². The highest BCUT2D eigenvalue weighted by Crippen LogP contribution is 2.18. The van der Waals surface area contributed by atoms with Gasteiger partial charge >= 0.3 is 0 Å². The monoisotopic (exact) mass is 322 g/mol. The van der Waals surface area contributed by atoms with Crippen molar-refractivity contribution in [3.63, 3.8) is 0 Å². The van der Waals surface area contributed by atoms with Crippen molar-refractivity contribution in [2.24, 2.45) is 0 Å². The minimum absolute atomic E-state index is 0.683. The number of rotatable bonds is 7. The fraction of sp³-hybridized carbons (Fsp3) is 0.294. The van der Waals surface area contributed by atoms with E-state index in [4.69, 9.17) is 23.2 Å². The molecule has 0 atom stereocenters. The second kappa shape index (κ2) is 8.28. The Hall–Kier alpha value is -1.22. The first-order chi connectivity index (χ1) is 10.1. The molecule has 2 aromatic rings. The number of hydrogen-bond acceptors (Lipinski definition) is 2. The predicted octanol–water partition coefficient (Wildman–Crippen LogP) is 4.61. The molecule has 0 bridgehead atoms. The summed E-state index contributed by atoms with van der Waals surface area (Å²) in [5.41, 5.74) is 2.36. The molecule has 4 heteroatoms. The van der Waals surface area contributed by atoms with E-state index in [1.807, 2.05) is 18.2 Å². The molecule has 0 aliphatic heterocycles. The second-order valence-electron chi connectivity index (χ2n) is 5.07. The standard InChI is InChI=1S/C17H20Cl2N2/c1-21(17-6-3-2-4-7-17)9-5-8-20-13-14-10-15(18)12-16(19)11-14/h2-4,6-7,10-12,20H,5,8-9,13H2,1H3. The maximum Gasteiger partial charge on any atom is 0.0424 e. The van der Waals surface area contributed by atoms with Gasteiger partial charge in [-0.15, -0.1) is 0 Å². The van der Waals surface area contributed by atoms with Gasteiger partial charge in [0.1, 0.15) is 0 Å². The maximum absolute atomic E-state index is 5.98. The van der Waals surface area contributed by atoms with E-state index < -0.39 is 0 Å². The molecule has 0 heterocycles. The zero-order chi connectivity index (χ0) is 15.1. The van der Waals surface area contributed by atoms with Crippen LogP contribution in [-0.2, 0) is 6.54 Å². The van der Waals surface area contributed by atoms with Crippen molar-refractivity contribution >= 4 is 28.9 Å². The number of nitrogens with zero attached hydrogens (tertiary/aromatic N) is 1. The molecule has 0 radical (unpaired) electrons. The Labute approximate surface area is 136 Å². The van der Waals surface area contributed by atoms with Crippen molar-refractivity contribution in [3.05, 3.63) is 64.1 Å². The van der Waals surface area contributed by atoms with Gasteiger partial charge in [0.15, 0.2) is 0 Å². The zero-order valence-corrected chi connectivity index (χ0v) is 13.7. The molecule has 2 rings (SSSR count). The summed E-state index contributed by atoms with van der Waals surface area (Å²) in [5, 5.41) is 4.79. The Morgan fingerprint density at radius 3 is 2.33 bits per heavy atom. The lowest BCUT2D eigenvalue weighted by molar-refractivity contribution is 0.646. The second-order valence-corrected chi connectivity index (χ2v) is 5.94. The maximum atomic E-state index is 5.98. The first-order valence-corrected chi connectivity index (χ1v) is 7.82. The molecule has 0 unspecified atom stereocenters. The van der Waals surface area contributed by atoms with Gasteiger partial charge in [0, 0.05) is 35.9 Å². The summed E-state index contributed by atoms with van der Waals surface area (Å²) in [5.74, 6) is 0. The van der Waals surface area contributed by atoms with Crippen LogP contribution in [0.2, 0.25) is 10.0 Å². The van der Waals surface area contributed by atoms with E-state index in [1.54, 1.807) is 6.07 Å². The van der Waals surface area contributed by atoms with E-state index >= 15 is 0 Å². The topological polar surface area (TPSA) is 15.3 Å². The molecule has 0 aliphatic carbocycles. The Balaban J connectivity index is 1.68. The molecule has 21 heavy (non-hydrogen) atoms. The lowest BCUT2D eigenvalue weighted by atomic mass is 10.2. The molecule has 0 saturated carbocycles. The quantitative estimate of drug-likeness (QED) is 0.749. The Kier molecular flexibility index (Phi) is 6.37. The van der Waals surface area contributed by atoms with Crippen molar-refractivity contribution in [2.75, 3.05) is 25.0 Å². The fourth-order valence-electron chi connectivity index (χ4n) is 2.20. The number of halogens is 2. The minimum atomic E-state index is 0.683. The lowest BCUT2D eigenvalue weighted by Gasteiger charge is -2.19. The summed E-state index contributed by atoms with van der Waals surface area (Å²) in [6.45, 7) is 2.77. The SMILES string of the molecule is CN(CCCNCc1cc(Cl)cc(Cl)c1)c1ccccc1. The van der Waals surface area contributed by atoms with Gasteiger partial charge in [-0.1, -0.05) is 41.4 Å². The van der Waals surface area contributed by atoms with E-state index in [-0.39, 0.29) is 0 Å². The molecule has 1 N–H and O–H groups in total.